The van der Waals surface area contributed by atoms with E-state index in [2.05, 4.69) is 25.8 Å². The molecule has 90 valence electrons. The average Bonchev–Trinajstić information content (AvgIpc) is 2.83. The molecule has 2 aromatic rings. The predicted octanol–water partition coefficient (Wildman–Crippen LogP) is 1.53. The third-order valence-electron chi connectivity index (χ3n) is 2.46. The van der Waals surface area contributed by atoms with E-state index in [-0.39, 0.29) is 6.61 Å². The van der Waals surface area contributed by atoms with Gasteiger partial charge in [0.15, 0.2) is 0 Å². The van der Waals surface area contributed by atoms with E-state index in [1.807, 2.05) is 18.2 Å². The molecule has 0 atom stereocenters. The molecule has 1 heterocycles. The maximum absolute atomic E-state index is 9.07. The minimum absolute atomic E-state index is 0.157. The number of benzene rings is 1. The standard InChI is InChI=1S/C12H15N3OS/c16-7-6-15(10-12-8-13-17-14-12)9-11-4-2-1-3-5-11/h1-5,8,16H,6-7,9-10H2. The zero-order chi connectivity index (χ0) is 11.9. The van der Waals surface area contributed by atoms with Crippen molar-refractivity contribution in [3.63, 3.8) is 0 Å². The first kappa shape index (κ1) is 12.2. The molecule has 0 aliphatic carbocycles. The third-order valence-corrected chi connectivity index (χ3v) is 2.97. The molecule has 0 aliphatic heterocycles. The van der Waals surface area contributed by atoms with Crippen molar-refractivity contribution in [2.75, 3.05) is 13.2 Å². The Morgan fingerprint density at radius 2 is 2.00 bits per heavy atom. The second-order valence-electron chi connectivity index (χ2n) is 3.82. The number of hydrogen-bond donors (Lipinski definition) is 1. The van der Waals surface area contributed by atoms with E-state index < -0.39 is 0 Å². The van der Waals surface area contributed by atoms with Crippen LogP contribution >= 0.6 is 11.7 Å². The van der Waals surface area contributed by atoms with Gasteiger partial charge >= 0.3 is 0 Å². The molecule has 17 heavy (non-hydrogen) atoms. The fraction of sp³-hybridized carbons (Fsp3) is 0.333. The van der Waals surface area contributed by atoms with Crippen molar-refractivity contribution in [2.45, 2.75) is 13.1 Å². The van der Waals surface area contributed by atoms with Crippen LogP contribution in [0.1, 0.15) is 11.3 Å². The van der Waals surface area contributed by atoms with E-state index in [0.717, 1.165) is 18.8 Å². The van der Waals surface area contributed by atoms with Crippen LogP contribution in [0.25, 0.3) is 0 Å². The van der Waals surface area contributed by atoms with E-state index in [1.165, 1.54) is 17.3 Å². The predicted molar refractivity (Wildman–Crippen MR) is 67.6 cm³/mol. The molecule has 0 bridgehead atoms. The Hall–Kier alpha value is -1.30. The maximum Gasteiger partial charge on any atom is 0.0883 e. The van der Waals surface area contributed by atoms with Crippen LogP contribution in [0.2, 0.25) is 0 Å². The fourth-order valence-corrected chi connectivity index (χ4v) is 2.11. The molecule has 1 N–H and O–H groups in total. The Bertz CT molecular complexity index is 419. The van der Waals surface area contributed by atoms with Crippen LogP contribution in [-0.2, 0) is 13.1 Å². The number of hydrogen-bond acceptors (Lipinski definition) is 5. The Balaban J connectivity index is 1.97. The third kappa shape index (κ3) is 3.89. The minimum Gasteiger partial charge on any atom is -0.395 e. The highest BCUT2D eigenvalue weighted by Gasteiger charge is 2.08. The Morgan fingerprint density at radius 3 is 2.65 bits per heavy atom. The summed E-state index contributed by atoms with van der Waals surface area (Å²) in [4.78, 5) is 2.16. The molecule has 0 spiro atoms. The normalized spacial score (nSPS) is 10.9. The summed E-state index contributed by atoms with van der Waals surface area (Å²) in [5.41, 5.74) is 2.20. The van der Waals surface area contributed by atoms with Gasteiger partial charge in [-0.3, -0.25) is 4.90 Å². The van der Waals surface area contributed by atoms with Crippen molar-refractivity contribution in [1.82, 2.24) is 13.6 Å². The topological polar surface area (TPSA) is 49.2 Å². The van der Waals surface area contributed by atoms with Gasteiger partial charge in [-0.05, 0) is 5.56 Å². The van der Waals surface area contributed by atoms with Crippen molar-refractivity contribution >= 4 is 11.7 Å². The van der Waals surface area contributed by atoms with Gasteiger partial charge in [-0.15, -0.1) is 0 Å². The van der Waals surface area contributed by atoms with Gasteiger partial charge in [-0.25, -0.2) is 0 Å². The van der Waals surface area contributed by atoms with Crippen LogP contribution in [0.4, 0.5) is 0 Å². The summed E-state index contributed by atoms with van der Waals surface area (Å²) in [6.45, 7) is 2.35. The van der Waals surface area contributed by atoms with Gasteiger partial charge in [-0.2, -0.15) is 8.75 Å². The van der Waals surface area contributed by atoms with E-state index in [9.17, 15) is 0 Å². The number of aliphatic hydroxyl groups excluding tert-OH is 1. The quantitative estimate of drug-likeness (QED) is 0.843. The van der Waals surface area contributed by atoms with E-state index in [4.69, 9.17) is 5.11 Å². The van der Waals surface area contributed by atoms with E-state index in [1.54, 1.807) is 6.20 Å². The zero-order valence-electron chi connectivity index (χ0n) is 9.49. The summed E-state index contributed by atoms with van der Waals surface area (Å²) in [5, 5.41) is 9.07. The summed E-state index contributed by atoms with van der Waals surface area (Å²) in [5.74, 6) is 0. The number of rotatable bonds is 6. The van der Waals surface area contributed by atoms with Crippen molar-refractivity contribution in [1.29, 1.82) is 0 Å². The molecule has 0 saturated carbocycles. The smallest absolute Gasteiger partial charge is 0.0883 e. The van der Waals surface area contributed by atoms with Crippen molar-refractivity contribution < 1.29 is 5.11 Å². The second kappa shape index (κ2) is 6.44. The lowest BCUT2D eigenvalue weighted by Crippen LogP contribution is -2.26. The van der Waals surface area contributed by atoms with Gasteiger partial charge in [0, 0.05) is 19.6 Å². The first-order valence-corrected chi connectivity index (χ1v) is 6.25. The average molecular weight is 249 g/mol. The molecule has 1 aromatic carbocycles. The lowest BCUT2D eigenvalue weighted by molar-refractivity contribution is 0.183. The molecular weight excluding hydrogens is 234 g/mol. The molecule has 0 aliphatic rings. The highest BCUT2D eigenvalue weighted by Crippen LogP contribution is 2.08. The lowest BCUT2D eigenvalue weighted by atomic mass is 10.2. The molecule has 5 heteroatoms. The molecule has 0 saturated heterocycles. The summed E-state index contributed by atoms with van der Waals surface area (Å²) in [6, 6.07) is 10.2. The summed E-state index contributed by atoms with van der Waals surface area (Å²) >= 11 is 1.22. The molecule has 2 rings (SSSR count). The Morgan fingerprint density at radius 1 is 1.18 bits per heavy atom. The number of nitrogens with zero attached hydrogens (tertiary/aromatic N) is 3. The summed E-state index contributed by atoms with van der Waals surface area (Å²) in [6.07, 6.45) is 1.78. The first-order valence-electron chi connectivity index (χ1n) is 5.52. The molecule has 4 nitrogen and oxygen atoms in total. The maximum atomic E-state index is 9.07. The lowest BCUT2D eigenvalue weighted by Gasteiger charge is -2.19. The van der Waals surface area contributed by atoms with Crippen LogP contribution in [0.5, 0.6) is 0 Å². The van der Waals surface area contributed by atoms with Crippen molar-refractivity contribution in [3.05, 3.63) is 47.8 Å². The van der Waals surface area contributed by atoms with Gasteiger partial charge in [0.2, 0.25) is 0 Å². The molecule has 0 fully saturated rings. The second-order valence-corrected chi connectivity index (χ2v) is 4.38. The van der Waals surface area contributed by atoms with Gasteiger partial charge in [0.05, 0.1) is 30.2 Å². The van der Waals surface area contributed by atoms with Crippen molar-refractivity contribution in [3.8, 4) is 0 Å². The van der Waals surface area contributed by atoms with Gasteiger partial charge < -0.3 is 5.11 Å². The molecule has 0 radical (unpaired) electrons. The number of aromatic nitrogens is 2. The monoisotopic (exact) mass is 249 g/mol. The first-order chi connectivity index (χ1) is 8.38. The zero-order valence-corrected chi connectivity index (χ0v) is 10.3. The van der Waals surface area contributed by atoms with Crippen LogP contribution in [0.3, 0.4) is 0 Å². The van der Waals surface area contributed by atoms with Crippen LogP contribution < -0.4 is 0 Å². The Kier molecular flexibility index (Phi) is 4.61. The van der Waals surface area contributed by atoms with Crippen molar-refractivity contribution in [2.24, 2.45) is 0 Å². The van der Waals surface area contributed by atoms with Crippen LogP contribution in [0.15, 0.2) is 36.5 Å². The highest BCUT2D eigenvalue weighted by atomic mass is 32.1. The van der Waals surface area contributed by atoms with E-state index in [0.29, 0.717) is 6.54 Å². The largest absolute Gasteiger partial charge is 0.395 e. The number of aliphatic hydroxyl groups is 1. The van der Waals surface area contributed by atoms with Gasteiger partial charge in [-0.1, -0.05) is 30.3 Å². The minimum atomic E-state index is 0.157. The molecule has 0 unspecified atom stereocenters. The summed E-state index contributed by atoms with van der Waals surface area (Å²) < 4.78 is 8.17. The fourth-order valence-electron chi connectivity index (χ4n) is 1.68. The van der Waals surface area contributed by atoms with Crippen LogP contribution in [0, 0.1) is 0 Å². The molecule has 0 amide bonds. The Labute approximate surface area is 105 Å². The molecule has 1 aromatic heterocycles. The van der Waals surface area contributed by atoms with Gasteiger partial charge in [0.25, 0.3) is 0 Å². The van der Waals surface area contributed by atoms with Crippen LogP contribution in [-0.4, -0.2) is 31.9 Å². The molecular formula is C12H15N3OS. The SMILES string of the molecule is OCCN(Cc1ccccc1)Cc1cnsn1. The highest BCUT2D eigenvalue weighted by molar-refractivity contribution is 6.99. The van der Waals surface area contributed by atoms with E-state index >= 15 is 0 Å². The summed E-state index contributed by atoms with van der Waals surface area (Å²) in [7, 11) is 0. The van der Waals surface area contributed by atoms with Gasteiger partial charge in [0.1, 0.15) is 0 Å².